The molecule has 2 saturated heterocycles. The minimum Gasteiger partial charge on any atom is -0.341 e. The lowest BCUT2D eigenvalue weighted by Gasteiger charge is -2.36. The van der Waals surface area contributed by atoms with E-state index >= 15 is 0 Å². The molecular weight excluding hydrogens is 440 g/mol. The Morgan fingerprint density at radius 1 is 1.16 bits per heavy atom. The molecule has 0 aliphatic carbocycles. The number of carbonyl (C=O) groups excluding carboxylic acids is 2. The Kier molecular flexibility index (Phi) is 6.78. The summed E-state index contributed by atoms with van der Waals surface area (Å²) in [5, 5.41) is 5.33. The molecule has 0 saturated carbocycles. The summed E-state index contributed by atoms with van der Waals surface area (Å²) in [4.78, 5) is 26.9. The highest BCUT2D eigenvalue weighted by Gasteiger charge is 2.41. The van der Waals surface area contributed by atoms with E-state index in [0.717, 1.165) is 19.4 Å². The zero-order valence-corrected chi connectivity index (χ0v) is 17.5. The van der Waals surface area contributed by atoms with Crippen molar-refractivity contribution in [1.82, 2.24) is 10.2 Å². The minimum absolute atomic E-state index is 0.0105. The molecule has 2 amide bonds. The van der Waals surface area contributed by atoms with Gasteiger partial charge in [0.05, 0.1) is 22.4 Å². The maximum atomic E-state index is 13.3. The molecule has 0 spiro atoms. The van der Waals surface area contributed by atoms with Gasteiger partial charge >= 0.3 is 12.4 Å². The summed E-state index contributed by atoms with van der Waals surface area (Å²) in [6, 6.07) is 1.10. The number of carbonyl (C=O) groups is 2. The van der Waals surface area contributed by atoms with Crippen LogP contribution >= 0.6 is 0 Å². The number of nitrogens with one attached hydrogen (secondary N) is 2. The first-order chi connectivity index (χ1) is 14.8. The van der Waals surface area contributed by atoms with Crippen LogP contribution in [0.1, 0.15) is 50.2 Å². The number of hydrogen-bond acceptors (Lipinski definition) is 3. The topological polar surface area (TPSA) is 61.4 Å². The lowest BCUT2D eigenvalue weighted by atomic mass is 9.89. The molecule has 2 atom stereocenters. The third kappa shape index (κ3) is 5.54. The van der Waals surface area contributed by atoms with Gasteiger partial charge in [-0.25, -0.2) is 0 Å². The summed E-state index contributed by atoms with van der Waals surface area (Å²) >= 11 is 0. The van der Waals surface area contributed by atoms with Crippen molar-refractivity contribution in [3.63, 3.8) is 0 Å². The first-order valence-corrected chi connectivity index (χ1v) is 10.4. The fourth-order valence-electron chi connectivity index (χ4n) is 4.30. The molecule has 3 rings (SSSR count). The van der Waals surface area contributed by atoms with Gasteiger partial charge in [-0.1, -0.05) is 0 Å². The number of benzene rings is 1. The Morgan fingerprint density at radius 2 is 1.88 bits per heavy atom. The van der Waals surface area contributed by atoms with E-state index < -0.39 is 40.6 Å². The molecule has 1 aromatic rings. The maximum Gasteiger partial charge on any atom is 0.418 e. The number of rotatable bonds is 4. The van der Waals surface area contributed by atoms with Gasteiger partial charge in [0, 0.05) is 19.5 Å². The van der Waals surface area contributed by atoms with Crippen LogP contribution in [0.4, 0.5) is 32.0 Å². The van der Waals surface area contributed by atoms with Gasteiger partial charge in [-0.15, -0.1) is 0 Å². The Labute approximate surface area is 181 Å². The first kappa shape index (κ1) is 24.3. The van der Waals surface area contributed by atoms with Gasteiger partial charge in [-0.3, -0.25) is 9.59 Å². The van der Waals surface area contributed by atoms with Crippen LogP contribution in [0.2, 0.25) is 0 Å². The molecular formula is C21H25F6N3O2. The van der Waals surface area contributed by atoms with E-state index in [9.17, 15) is 35.9 Å². The fraction of sp³-hybridized carbons (Fsp3) is 0.619. The third-order valence-electron chi connectivity index (χ3n) is 6.06. The van der Waals surface area contributed by atoms with Gasteiger partial charge in [0.2, 0.25) is 11.8 Å². The summed E-state index contributed by atoms with van der Waals surface area (Å²) in [6.07, 6.45) is -6.98. The molecule has 11 heteroatoms. The van der Waals surface area contributed by atoms with Crippen molar-refractivity contribution in [3.8, 4) is 0 Å². The van der Waals surface area contributed by atoms with E-state index in [1.807, 2.05) is 6.92 Å². The number of amides is 2. The molecule has 2 heterocycles. The third-order valence-corrected chi connectivity index (χ3v) is 6.06. The number of nitrogens with zero attached hydrogens (tertiary/aromatic N) is 1. The summed E-state index contributed by atoms with van der Waals surface area (Å²) in [6.45, 7) is 3.35. The molecule has 0 bridgehead atoms. The second-order valence-corrected chi connectivity index (χ2v) is 8.63. The van der Waals surface area contributed by atoms with E-state index in [1.165, 1.54) is 0 Å². The van der Waals surface area contributed by atoms with Crippen LogP contribution in [-0.4, -0.2) is 41.9 Å². The molecule has 5 nitrogen and oxygen atoms in total. The zero-order valence-electron chi connectivity index (χ0n) is 17.5. The maximum absolute atomic E-state index is 13.3. The number of alkyl halides is 6. The predicted octanol–water partition coefficient (Wildman–Crippen LogP) is 4.43. The van der Waals surface area contributed by atoms with E-state index in [1.54, 1.807) is 4.90 Å². The average molecular weight is 465 g/mol. The molecule has 178 valence electrons. The van der Waals surface area contributed by atoms with Gasteiger partial charge in [0.15, 0.2) is 0 Å². The van der Waals surface area contributed by atoms with Crippen LogP contribution in [0, 0.1) is 5.92 Å². The Morgan fingerprint density at radius 3 is 2.47 bits per heavy atom. The SMILES string of the molecule is CC1(C(=O)N2CCC(CC(=O)Nc3ccc(C(F)(F)F)cc3C(F)(F)F)C2)CCCCN1. The smallest absolute Gasteiger partial charge is 0.341 e. The quantitative estimate of drug-likeness (QED) is 0.647. The zero-order chi connectivity index (χ0) is 23.7. The number of anilines is 1. The van der Waals surface area contributed by atoms with Crippen molar-refractivity contribution in [3.05, 3.63) is 29.3 Å². The highest BCUT2D eigenvalue weighted by atomic mass is 19.4. The molecule has 1 aromatic carbocycles. The fourth-order valence-corrected chi connectivity index (χ4v) is 4.30. The van der Waals surface area contributed by atoms with Crippen molar-refractivity contribution in [2.45, 2.75) is 56.9 Å². The van der Waals surface area contributed by atoms with Crippen molar-refractivity contribution in [1.29, 1.82) is 0 Å². The molecule has 32 heavy (non-hydrogen) atoms. The van der Waals surface area contributed by atoms with Gasteiger partial charge < -0.3 is 15.5 Å². The van der Waals surface area contributed by atoms with E-state index in [2.05, 4.69) is 10.6 Å². The molecule has 2 fully saturated rings. The Bertz CT molecular complexity index is 862. The van der Waals surface area contributed by atoms with Crippen molar-refractivity contribution >= 4 is 17.5 Å². The van der Waals surface area contributed by atoms with E-state index in [-0.39, 0.29) is 24.3 Å². The monoisotopic (exact) mass is 465 g/mol. The summed E-state index contributed by atoms with van der Waals surface area (Å²) in [7, 11) is 0. The molecule has 0 radical (unpaired) electrons. The number of halogens is 6. The van der Waals surface area contributed by atoms with Crippen molar-refractivity contribution < 1.29 is 35.9 Å². The minimum atomic E-state index is -5.07. The van der Waals surface area contributed by atoms with Crippen molar-refractivity contribution in [2.75, 3.05) is 25.0 Å². The van der Waals surface area contributed by atoms with Gasteiger partial charge in [-0.05, 0) is 63.3 Å². The normalized spacial score (nSPS) is 24.5. The summed E-state index contributed by atoms with van der Waals surface area (Å²) in [5.74, 6) is -1.03. The lowest BCUT2D eigenvalue weighted by Crippen LogP contribution is -2.57. The molecule has 0 aromatic heterocycles. The van der Waals surface area contributed by atoms with Crippen molar-refractivity contribution in [2.24, 2.45) is 5.92 Å². The van der Waals surface area contributed by atoms with Gasteiger partial charge in [-0.2, -0.15) is 26.3 Å². The Hall–Kier alpha value is -2.30. The largest absolute Gasteiger partial charge is 0.418 e. The summed E-state index contributed by atoms with van der Waals surface area (Å²) in [5.41, 5.74) is -4.38. The van der Waals surface area contributed by atoms with Gasteiger partial charge in [0.25, 0.3) is 0 Å². The second kappa shape index (κ2) is 8.92. The number of hydrogen-bond donors (Lipinski definition) is 2. The van der Waals surface area contributed by atoms with Crippen LogP contribution < -0.4 is 10.6 Å². The van der Waals surface area contributed by atoms with Crippen LogP contribution in [0.25, 0.3) is 0 Å². The van der Waals surface area contributed by atoms with Crippen LogP contribution in [-0.2, 0) is 21.9 Å². The molecule has 2 aliphatic rings. The Balaban J connectivity index is 1.63. The average Bonchev–Trinajstić information content (AvgIpc) is 3.14. The van der Waals surface area contributed by atoms with Crippen LogP contribution in [0.15, 0.2) is 18.2 Å². The highest BCUT2D eigenvalue weighted by molar-refractivity contribution is 5.92. The van der Waals surface area contributed by atoms with Crippen LogP contribution in [0.5, 0.6) is 0 Å². The van der Waals surface area contributed by atoms with Gasteiger partial charge in [0.1, 0.15) is 0 Å². The molecule has 2 unspecified atom stereocenters. The van der Waals surface area contributed by atoms with Crippen LogP contribution in [0.3, 0.4) is 0 Å². The first-order valence-electron chi connectivity index (χ1n) is 10.4. The standard InChI is InChI=1S/C21H25F6N3O2/c1-19(7-2-3-8-28-19)18(32)30-9-6-13(12-30)10-17(31)29-16-5-4-14(20(22,23)24)11-15(16)21(25,26)27/h4-5,11,13,28H,2-3,6-10,12H2,1H3,(H,29,31). The van der Waals surface area contributed by atoms with E-state index in [4.69, 9.17) is 0 Å². The second-order valence-electron chi connectivity index (χ2n) is 8.63. The highest BCUT2D eigenvalue weighted by Crippen LogP contribution is 2.39. The number of likely N-dealkylation sites (tertiary alicyclic amines) is 1. The summed E-state index contributed by atoms with van der Waals surface area (Å²) < 4.78 is 78.1. The lowest BCUT2D eigenvalue weighted by molar-refractivity contribution is -0.142. The number of piperidine rings is 1. The van der Waals surface area contributed by atoms with E-state index in [0.29, 0.717) is 38.1 Å². The predicted molar refractivity (Wildman–Crippen MR) is 105 cm³/mol. The molecule has 2 aliphatic heterocycles. The molecule has 2 N–H and O–H groups in total.